The highest BCUT2D eigenvalue weighted by Gasteiger charge is 2.22. The highest BCUT2D eigenvalue weighted by Crippen LogP contribution is 2.37. The molecule has 0 saturated heterocycles. The molecule has 1 aliphatic rings. The Labute approximate surface area is 195 Å². The van der Waals surface area contributed by atoms with Crippen molar-refractivity contribution in [2.24, 2.45) is 0 Å². The van der Waals surface area contributed by atoms with Gasteiger partial charge in [-0.3, -0.25) is 0 Å². The topological polar surface area (TPSA) is 77.8 Å². The minimum Gasteiger partial charge on any atom is -0.436 e. The maximum Gasteiger partial charge on any atom is 0.223 e. The van der Waals surface area contributed by atoms with Crippen molar-refractivity contribution in [1.29, 1.82) is 0 Å². The molecule has 0 amide bonds. The Bertz CT molecular complexity index is 1780. The number of nitrogens with zero attached hydrogens (tertiary/aromatic N) is 3. The number of hydrogen-bond donors (Lipinski definition) is 1. The summed E-state index contributed by atoms with van der Waals surface area (Å²) in [7, 11) is 0. The smallest absolute Gasteiger partial charge is 0.223 e. The van der Waals surface area contributed by atoms with Crippen LogP contribution in [0, 0.1) is 0 Å². The van der Waals surface area contributed by atoms with Gasteiger partial charge in [0.1, 0.15) is 11.3 Å². The van der Waals surface area contributed by atoms with Crippen LogP contribution < -0.4 is 5.73 Å². The third-order valence-corrected chi connectivity index (χ3v) is 6.60. The Balaban J connectivity index is 1.33. The molecule has 0 fully saturated rings. The van der Waals surface area contributed by atoms with Crippen LogP contribution in [0.15, 0.2) is 95.6 Å². The Kier molecular flexibility index (Phi) is 4.05. The minimum atomic E-state index is 0.0368. The van der Waals surface area contributed by atoms with Crippen molar-refractivity contribution in [3.63, 3.8) is 0 Å². The standard InChI is InChI=1S/C29H20N4O/c30-19-12-13-26-25(15-19)32-29(34-26)18-7-5-6-17(14-18)28-31-16-24-22-10-2-1-8-20(22)21-9-3-4-11-23(21)27(24)33-28/h1-13,15-17H,14,30H2. The van der Waals surface area contributed by atoms with E-state index in [0.717, 1.165) is 45.2 Å². The largest absolute Gasteiger partial charge is 0.436 e. The van der Waals surface area contributed by atoms with Crippen molar-refractivity contribution in [1.82, 2.24) is 15.0 Å². The molecular formula is C29H20N4O. The first kappa shape index (κ1) is 19.0. The van der Waals surface area contributed by atoms with E-state index in [9.17, 15) is 0 Å². The van der Waals surface area contributed by atoms with E-state index >= 15 is 0 Å². The molecule has 7 rings (SSSR count). The predicted molar refractivity (Wildman–Crippen MR) is 137 cm³/mol. The first-order valence-electron chi connectivity index (χ1n) is 11.3. The summed E-state index contributed by atoms with van der Waals surface area (Å²) in [4.78, 5) is 14.6. The highest BCUT2D eigenvalue weighted by molar-refractivity contribution is 6.23. The zero-order valence-corrected chi connectivity index (χ0v) is 18.3. The van der Waals surface area contributed by atoms with Crippen LogP contribution in [0.1, 0.15) is 24.1 Å². The lowest BCUT2D eigenvalue weighted by Gasteiger charge is -2.17. The second-order valence-electron chi connectivity index (χ2n) is 8.72. The molecule has 5 heteroatoms. The zero-order chi connectivity index (χ0) is 22.6. The second-order valence-corrected chi connectivity index (χ2v) is 8.72. The van der Waals surface area contributed by atoms with Crippen LogP contribution in [0.2, 0.25) is 0 Å². The van der Waals surface area contributed by atoms with Gasteiger partial charge in [0.05, 0.1) is 5.52 Å². The van der Waals surface area contributed by atoms with Gasteiger partial charge in [0.2, 0.25) is 5.89 Å². The third-order valence-electron chi connectivity index (χ3n) is 6.60. The molecule has 162 valence electrons. The van der Waals surface area contributed by atoms with Crippen LogP contribution in [0.3, 0.4) is 0 Å². The number of nitrogens with two attached hydrogens (primary N) is 1. The molecule has 0 radical (unpaired) electrons. The fourth-order valence-corrected chi connectivity index (χ4v) is 4.95. The van der Waals surface area contributed by atoms with Crippen LogP contribution in [0.25, 0.3) is 49.1 Å². The Morgan fingerprint density at radius 2 is 1.56 bits per heavy atom. The van der Waals surface area contributed by atoms with Crippen LogP contribution >= 0.6 is 0 Å². The molecule has 0 spiro atoms. The van der Waals surface area contributed by atoms with E-state index in [4.69, 9.17) is 20.1 Å². The fourth-order valence-electron chi connectivity index (χ4n) is 4.95. The first-order valence-corrected chi connectivity index (χ1v) is 11.3. The van der Waals surface area contributed by atoms with Crippen molar-refractivity contribution in [3.05, 3.63) is 103 Å². The van der Waals surface area contributed by atoms with Crippen molar-refractivity contribution >= 4 is 54.8 Å². The third kappa shape index (κ3) is 2.90. The molecule has 1 atom stereocenters. The number of nitrogen functional groups attached to an aromatic ring is 1. The SMILES string of the molecule is Nc1ccc2oc(C3=CC=CC(c4ncc5c6ccccc6c6ccccc6c5n4)C3)nc2c1. The van der Waals surface area contributed by atoms with E-state index in [-0.39, 0.29) is 5.92 Å². The van der Waals surface area contributed by atoms with Crippen LogP contribution in [-0.4, -0.2) is 15.0 Å². The summed E-state index contributed by atoms with van der Waals surface area (Å²) >= 11 is 0. The van der Waals surface area contributed by atoms with Gasteiger partial charge in [-0.15, -0.1) is 0 Å². The molecule has 0 bridgehead atoms. The summed E-state index contributed by atoms with van der Waals surface area (Å²) in [6.45, 7) is 0. The lowest BCUT2D eigenvalue weighted by atomic mass is 9.93. The monoisotopic (exact) mass is 440 g/mol. The molecule has 0 saturated carbocycles. The van der Waals surface area contributed by atoms with E-state index < -0.39 is 0 Å². The summed E-state index contributed by atoms with van der Waals surface area (Å²) in [5.41, 5.74) is 10.1. The van der Waals surface area contributed by atoms with Crippen molar-refractivity contribution in [2.45, 2.75) is 12.3 Å². The van der Waals surface area contributed by atoms with Crippen LogP contribution in [0.4, 0.5) is 5.69 Å². The van der Waals surface area contributed by atoms with Gasteiger partial charge < -0.3 is 10.2 Å². The summed E-state index contributed by atoms with van der Waals surface area (Å²) in [5.74, 6) is 1.46. The van der Waals surface area contributed by atoms with Crippen LogP contribution in [0.5, 0.6) is 0 Å². The quantitative estimate of drug-likeness (QED) is 0.237. The van der Waals surface area contributed by atoms with Gasteiger partial charge in [0.25, 0.3) is 0 Å². The van der Waals surface area contributed by atoms with Gasteiger partial charge >= 0.3 is 0 Å². The van der Waals surface area contributed by atoms with Gasteiger partial charge in [0.15, 0.2) is 5.58 Å². The molecule has 6 aromatic rings. The lowest BCUT2D eigenvalue weighted by Crippen LogP contribution is -2.06. The molecule has 34 heavy (non-hydrogen) atoms. The molecule has 2 heterocycles. The normalized spacial score (nSPS) is 16.0. The molecule has 2 N–H and O–H groups in total. The van der Waals surface area contributed by atoms with Gasteiger partial charge in [-0.25, -0.2) is 15.0 Å². The second kappa shape index (κ2) is 7.25. The average Bonchev–Trinajstić information content (AvgIpc) is 3.32. The lowest BCUT2D eigenvalue weighted by molar-refractivity contribution is 0.577. The van der Waals surface area contributed by atoms with Crippen molar-refractivity contribution in [2.75, 3.05) is 5.73 Å². The number of anilines is 1. The number of fused-ring (bicyclic) bond motifs is 7. The van der Waals surface area contributed by atoms with Gasteiger partial charge in [-0.2, -0.15) is 0 Å². The highest BCUT2D eigenvalue weighted by atomic mass is 16.3. The number of hydrogen-bond acceptors (Lipinski definition) is 5. The van der Waals surface area contributed by atoms with E-state index in [1.54, 1.807) is 0 Å². The Morgan fingerprint density at radius 3 is 2.38 bits per heavy atom. The number of aromatic nitrogens is 3. The number of benzene rings is 4. The molecular weight excluding hydrogens is 420 g/mol. The zero-order valence-electron chi connectivity index (χ0n) is 18.3. The fraction of sp³-hybridized carbons (Fsp3) is 0.0690. The molecule has 2 aromatic heterocycles. The van der Waals surface area contributed by atoms with Gasteiger partial charge in [-0.05, 0) is 40.8 Å². The van der Waals surface area contributed by atoms with E-state index in [1.165, 1.54) is 16.2 Å². The molecule has 0 aliphatic heterocycles. The molecule has 1 aliphatic carbocycles. The van der Waals surface area contributed by atoms with Crippen LogP contribution in [-0.2, 0) is 0 Å². The summed E-state index contributed by atoms with van der Waals surface area (Å²) in [5, 5.41) is 5.83. The minimum absolute atomic E-state index is 0.0368. The Morgan fingerprint density at radius 1 is 0.824 bits per heavy atom. The predicted octanol–water partition coefficient (Wildman–Crippen LogP) is 6.79. The van der Waals surface area contributed by atoms with Crippen molar-refractivity contribution < 1.29 is 4.42 Å². The molecule has 1 unspecified atom stereocenters. The summed E-state index contributed by atoms with van der Waals surface area (Å²) in [6.07, 6.45) is 8.93. The van der Waals surface area contributed by atoms with E-state index in [0.29, 0.717) is 11.6 Å². The first-order chi connectivity index (χ1) is 16.7. The summed E-state index contributed by atoms with van der Waals surface area (Å²) in [6, 6.07) is 22.4. The average molecular weight is 441 g/mol. The Hall–Kier alpha value is -4.51. The number of oxazole rings is 1. The van der Waals surface area contributed by atoms with E-state index in [2.05, 4.69) is 65.7 Å². The van der Waals surface area contributed by atoms with Gasteiger partial charge in [0, 0.05) is 34.1 Å². The molecule has 4 aromatic carbocycles. The van der Waals surface area contributed by atoms with E-state index in [1.807, 2.05) is 30.5 Å². The van der Waals surface area contributed by atoms with Crippen molar-refractivity contribution in [3.8, 4) is 0 Å². The number of rotatable bonds is 2. The van der Waals surface area contributed by atoms with Gasteiger partial charge in [-0.1, -0.05) is 66.8 Å². The maximum absolute atomic E-state index is 6.01. The molecule has 5 nitrogen and oxygen atoms in total. The number of allylic oxidation sites excluding steroid dienone is 4. The summed E-state index contributed by atoms with van der Waals surface area (Å²) < 4.78 is 6.01. The maximum atomic E-state index is 6.01.